The van der Waals surface area contributed by atoms with Crippen LogP contribution >= 0.6 is 12.6 Å². The zero-order chi connectivity index (χ0) is 11.5. The van der Waals surface area contributed by atoms with Crippen LogP contribution in [0.1, 0.15) is 23.4 Å². The van der Waals surface area contributed by atoms with Crippen molar-refractivity contribution in [3.63, 3.8) is 0 Å². The van der Waals surface area contributed by atoms with E-state index in [-0.39, 0.29) is 5.56 Å². The molecule has 1 heterocycles. The summed E-state index contributed by atoms with van der Waals surface area (Å²) >= 11 is 3.91. The first-order valence-corrected chi connectivity index (χ1v) is 4.82. The van der Waals surface area contributed by atoms with Crippen molar-refractivity contribution >= 4 is 12.6 Å². The number of nitrogens with one attached hydrogen (secondary N) is 1. The molecule has 0 aromatic carbocycles. The first-order chi connectivity index (χ1) is 6.96. The predicted molar refractivity (Wildman–Crippen MR) is 53.7 cm³/mol. The van der Waals surface area contributed by atoms with Gasteiger partial charge in [0.2, 0.25) is 0 Å². The van der Waals surface area contributed by atoms with Crippen molar-refractivity contribution < 1.29 is 13.2 Å². The van der Waals surface area contributed by atoms with E-state index in [1.807, 2.05) is 0 Å². The monoisotopic (exact) mass is 234 g/mol. The number of aromatic nitrogens is 2. The molecule has 2 nitrogen and oxygen atoms in total. The van der Waals surface area contributed by atoms with Crippen molar-refractivity contribution in [3.8, 4) is 11.8 Å². The maximum absolute atomic E-state index is 12.4. The topological polar surface area (TPSA) is 28.7 Å². The Balaban J connectivity index is 3.07. The molecule has 0 radical (unpaired) electrons. The minimum absolute atomic E-state index is 0.0794. The number of hydrogen-bond acceptors (Lipinski definition) is 2. The van der Waals surface area contributed by atoms with Gasteiger partial charge in [0, 0.05) is 17.9 Å². The number of nitrogens with zero attached hydrogens (tertiary/aromatic N) is 1. The first-order valence-electron chi connectivity index (χ1n) is 4.18. The van der Waals surface area contributed by atoms with Crippen LogP contribution in [-0.4, -0.2) is 16.0 Å². The molecule has 15 heavy (non-hydrogen) atoms. The summed E-state index contributed by atoms with van der Waals surface area (Å²) in [5.41, 5.74) is -0.704. The minimum atomic E-state index is -4.46. The van der Waals surface area contributed by atoms with E-state index in [4.69, 9.17) is 0 Å². The summed E-state index contributed by atoms with van der Waals surface area (Å²) < 4.78 is 37.2. The van der Waals surface area contributed by atoms with E-state index in [9.17, 15) is 13.2 Å². The van der Waals surface area contributed by atoms with E-state index in [2.05, 4.69) is 34.7 Å². The number of aromatic amines is 1. The number of H-pyrrole nitrogens is 1. The summed E-state index contributed by atoms with van der Waals surface area (Å²) in [5.74, 6) is 5.58. The third-order valence-corrected chi connectivity index (χ3v) is 1.89. The lowest BCUT2D eigenvalue weighted by Gasteiger charge is -2.01. The van der Waals surface area contributed by atoms with E-state index in [1.165, 1.54) is 6.92 Å². The van der Waals surface area contributed by atoms with Crippen LogP contribution in [0.3, 0.4) is 0 Å². The van der Waals surface area contributed by atoms with Gasteiger partial charge in [-0.2, -0.15) is 30.9 Å². The Kier molecular flexibility index (Phi) is 3.69. The first kappa shape index (κ1) is 12.0. The number of thiol groups is 1. The van der Waals surface area contributed by atoms with Crippen LogP contribution in [0.5, 0.6) is 0 Å². The average molecular weight is 234 g/mol. The maximum atomic E-state index is 12.4. The van der Waals surface area contributed by atoms with Crippen molar-refractivity contribution in [2.45, 2.75) is 19.5 Å². The molecule has 0 bridgehead atoms. The van der Waals surface area contributed by atoms with Gasteiger partial charge < -0.3 is 0 Å². The molecule has 1 rings (SSSR count). The van der Waals surface area contributed by atoms with E-state index in [0.717, 1.165) is 0 Å². The van der Waals surface area contributed by atoms with Gasteiger partial charge in [-0.1, -0.05) is 11.8 Å². The average Bonchev–Trinajstić information content (AvgIpc) is 2.48. The Morgan fingerprint density at radius 1 is 1.47 bits per heavy atom. The molecule has 82 valence electrons. The van der Waals surface area contributed by atoms with Gasteiger partial charge in [0.05, 0.1) is 5.56 Å². The zero-order valence-electron chi connectivity index (χ0n) is 7.94. The highest BCUT2D eigenvalue weighted by atomic mass is 32.1. The second kappa shape index (κ2) is 4.62. The van der Waals surface area contributed by atoms with Crippen LogP contribution in [0.15, 0.2) is 0 Å². The molecule has 0 atom stereocenters. The summed E-state index contributed by atoms with van der Waals surface area (Å²) in [7, 11) is 0. The van der Waals surface area contributed by atoms with Crippen molar-refractivity contribution in [1.82, 2.24) is 10.2 Å². The van der Waals surface area contributed by atoms with E-state index >= 15 is 0 Å². The van der Waals surface area contributed by atoms with Gasteiger partial charge in [-0.3, -0.25) is 5.10 Å². The summed E-state index contributed by atoms with van der Waals surface area (Å²) in [6, 6.07) is 0. The van der Waals surface area contributed by atoms with Crippen molar-refractivity contribution in [2.75, 3.05) is 5.75 Å². The number of alkyl halides is 3. The van der Waals surface area contributed by atoms with Crippen LogP contribution in [0, 0.1) is 18.8 Å². The van der Waals surface area contributed by atoms with Gasteiger partial charge in [0.15, 0.2) is 5.69 Å². The largest absolute Gasteiger partial charge is 0.436 e. The van der Waals surface area contributed by atoms with E-state index in [0.29, 0.717) is 17.9 Å². The molecule has 1 N–H and O–H groups in total. The molecule has 0 unspecified atom stereocenters. The van der Waals surface area contributed by atoms with E-state index < -0.39 is 11.9 Å². The van der Waals surface area contributed by atoms with Crippen molar-refractivity contribution in [3.05, 3.63) is 17.0 Å². The summed E-state index contributed by atoms with van der Waals surface area (Å²) in [6.07, 6.45) is -4.01. The van der Waals surface area contributed by atoms with Gasteiger partial charge in [0.1, 0.15) is 0 Å². The van der Waals surface area contributed by atoms with Crippen LogP contribution < -0.4 is 0 Å². The SMILES string of the molecule is Cc1[nH]nc(C(F)(F)F)c1C#CCCS. The standard InChI is InChI=1S/C9H9F3N2S/c1-6-7(4-2-3-5-15)8(14-13-6)9(10,11)12/h15H,3,5H2,1H3,(H,13,14). The van der Waals surface area contributed by atoms with E-state index in [1.54, 1.807) is 0 Å². The molecule has 6 heteroatoms. The number of aryl methyl sites for hydroxylation is 1. The Labute approximate surface area is 90.7 Å². The lowest BCUT2D eigenvalue weighted by molar-refractivity contribution is -0.141. The van der Waals surface area contributed by atoms with Crippen LogP contribution in [0.4, 0.5) is 13.2 Å². The molecule has 1 aromatic rings. The third-order valence-electron chi connectivity index (χ3n) is 1.67. The smallest absolute Gasteiger partial charge is 0.281 e. The second-order valence-electron chi connectivity index (χ2n) is 2.85. The summed E-state index contributed by atoms with van der Waals surface area (Å²) in [5, 5.41) is 5.47. The lowest BCUT2D eigenvalue weighted by Crippen LogP contribution is -2.07. The molecule has 0 aliphatic carbocycles. The highest BCUT2D eigenvalue weighted by molar-refractivity contribution is 7.80. The van der Waals surface area contributed by atoms with Gasteiger partial charge in [-0.05, 0) is 6.92 Å². The highest BCUT2D eigenvalue weighted by Crippen LogP contribution is 2.30. The van der Waals surface area contributed by atoms with Gasteiger partial charge >= 0.3 is 6.18 Å². The fourth-order valence-corrected chi connectivity index (χ4v) is 1.11. The Hall–Kier alpha value is -1.09. The van der Waals surface area contributed by atoms with Crippen LogP contribution in [-0.2, 0) is 6.18 Å². The number of rotatable bonds is 1. The fraction of sp³-hybridized carbons (Fsp3) is 0.444. The van der Waals surface area contributed by atoms with Crippen molar-refractivity contribution in [1.29, 1.82) is 0 Å². The van der Waals surface area contributed by atoms with Gasteiger partial charge in [-0.25, -0.2) is 0 Å². The molecule has 0 aliphatic rings. The molecule has 1 aromatic heterocycles. The molecular weight excluding hydrogens is 225 g/mol. The molecule has 0 amide bonds. The number of halogens is 3. The summed E-state index contributed by atoms with van der Waals surface area (Å²) in [4.78, 5) is 0. The molecule has 0 spiro atoms. The normalized spacial score (nSPS) is 11.0. The number of hydrogen-bond donors (Lipinski definition) is 2. The third kappa shape index (κ3) is 2.93. The molecule has 0 saturated carbocycles. The molecule has 0 fully saturated rings. The molecule has 0 aliphatic heterocycles. The second-order valence-corrected chi connectivity index (χ2v) is 3.29. The molecule has 0 saturated heterocycles. The maximum Gasteiger partial charge on any atom is 0.436 e. The Morgan fingerprint density at radius 3 is 2.67 bits per heavy atom. The quantitative estimate of drug-likeness (QED) is 0.567. The highest BCUT2D eigenvalue weighted by Gasteiger charge is 2.37. The Morgan fingerprint density at radius 2 is 2.13 bits per heavy atom. The molecular formula is C9H9F3N2S. The van der Waals surface area contributed by atoms with Gasteiger partial charge in [-0.15, -0.1) is 0 Å². The van der Waals surface area contributed by atoms with Crippen LogP contribution in [0.25, 0.3) is 0 Å². The lowest BCUT2D eigenvalue weighted by atomic mass is 10.2. The summed E-state index contributed by atoms with van der Waals surface area (Å²) in [6.45, 7) is 1.51. The van der Waals surface area contributed by atoms with Crippen molar-refractivity contribution in [2.24, 2.45) is 0 Å². The van der Waals surface area contributed by atoms with Gasteiger partial charge in [0.25, 0.3) is 0 Å². The zero-order valence-corrected chi connectivity index (χ0v) is 8.84. The minimum Gasteiger partial charge on any atom is -0.281 e. The predicted octanol–water partition coefficient (Wildman–Crippen LogP) is 2.41. The van der Waals surface area contributed by atoms with Crippen LogP contribution in [0.2, 0.25) is 0 Å². The fourth-order valence-electron chi connectivity index (χ4n) is 0.994. The Bertz CT molecular complexity index is 398.